The summed E-state index contributed by atoms with van der Waals surface area (Å²) in [4.78, 5) is 2.40. The first-order valence-electron chi connectivity index (χ1n) is 6.85. The normalized spacial score (nSPS) is 22.4. The number of ether oxygens (including phenoxy) is 1. The van der Waals surface area contributed by atoms with Crippen molar-refractivity contribution in [2.75, 3.05) is 27.2 Å². The van der Waals surface area contributed by atoms with Crippen molar-refractivity contribution < 1.29 is 4.74 Å². The Bertz CT molecular complexity index is 419. The molecule has 1 fully saturated rings. The molecular weight excluding hydrogens is 304 g/mol. The van der Waals surface area contributed by atoms with Gasteiger partial charge in [-0.1, -0.05) is 15.9 Å². The maximum Gasteiger partial charge on any atom is 0.122 e. The molecule has 2 N–H and O–H groups in total. The Morgan fingerprint density at radius 3 is 2.79 bits per heavy atom. The Hall–Kier alpha value is -0.580. The number of likely N-dealkylation sites (N-methyl/N-ethyl adjacent to an activating group) is 1. The van der Waals surface area contributed by atoms with E-state index in [2.05, 4.69) is 33.9 Å². The van der Waals surface area contributed by atoms with Crippen molar-refractivity contribution in [1.29, 1.82) is 0 Å². The zero-order valence-corrected chi connectivity index (χ0v) is 13.3. The van der Waals surface area contributed by atoms with Crippen LogP contribution in [0.3, 0.4) is 0 Å². The van der Waals surface area contributed by atoms with Crippen LogP contribution in [0, 0.1) is 5.92 Å². The lowest BCUT2D eigenvalue weighted by Gasteiger charge is -2.35. The number of nitrogens with two attached hydrogens (primary N) is 1. The van der Waals surface area contributed by atoms with E-state index >= 15 is 0 Å². The largest absolute Gasteiger partial charge is 0.496 e. The van der Waals surface area contributed by atoms with Crippen LogP contribution in [0.4, 0.5) is 0 Å². The van der Waals surface area contributed by atoms with Crippen molar-refractivity contribution in [3.8, 4) is 5.75 Å². The minimum atomic E-state index is 0.448. The minimum absolute atomic E-state index is 0.448. The molecule has 0 bridgehead atoms. The van der Waals surface area contributed by atoms with Gasteiger partial charge in [0.05, 0.1) is 7.11 Å². The number of nitrogens with zero attached hydrogens (tertiary/aromatic N) is 1. The van der Waals surface area contributed by atoms with E-state index in [-0.39, 0.29) is 0 Å². The van der Waals surface area contributed by atoms with E-state index < -0.39 is 0 Å². The predicted molar refractivity (Wildman–Crippen MR) is 82.6 cm³/mol. The Morgan fingerprint density at radius 2 is 2.16 bits per heavy atom. The third-order valence-electron chi connectivity index (χ3n) is 3.85. The first kappa shape index (κ1) is 14.8. The molecule has 1 aliphatic carbocycles. The van der Waals surface area contributed by atoms with Gasteiger partial charge in [0.15, 0.2) is 0 Å². The van der Waals surface area contributed by atoms with Gasteiger partial charge in [-0.05, 0) is 56.0 Å². The van der Waals surface area contributed by atoms with Crippen LogP contribution in [0.1, 0.15) is 18.4 Å². The second-order valence-electron chi connectivity index (χ2n) is 5.57. The molecular formula is C15H23BrN2O. The second kappa shape index (κ2) is 6.73. The standard InChI is InChI=1S/C15H23BrN2O/c1-18(10-11-7-14(17)8-11)6-5-12-9-13(16)3-4-15(12)19-2/h3-4,9,11,14H,5-8,10,17H2,1-2H3. The molecule has 106 valence electrons. The molecule has 4 heteroatoms. The molecule has 0 radical (unpaired) electrons. The van der Waals surface area contributed by atoms with Crippen LogP contribution in [-0.4, -0.2) is 38.2 Å². The molecule has 0 heterocycles. The summed E-state index contributed by atoms with van der Waals surface area (Å²) >= 11 is 3.52. The van der Waals surface area contributed by atoms with Gasteiger partial charge in [-0.25, -0.2) is 0 Å². The average molecular weight is 327 g/mol. The van der Waals surface area contributed by atoms with Crippen molar-refractivity contribution in [3.05, 3.63) is 28.2 Å². The summed E-state index contributed by atoms with van der Waals surface area (Å²) in [5.74, 6) is 1.77. The Morgan fingerprint density at radius 1 is 1.42 bits per heavy atom. The Kier molecular flexibility index (Phi) is 5.25. The molecule has 0 spiro atoms. The van der Waals surface area contributed by atoms with Crippen LogP contribution in [0.15, 0.2) is 22.7 Å². The number of methoxy groups -OCH3 is 1. The van der Waals surface area contributed by atoms with Crippen LogP contribution in [0.2, 0.25) is 0 Å². The monoisotopic (exact) mass is 326 g/mol. The van der Waals surface area contributed by atoms with Crippen LogP contribution in [0.25, 0.3) is 0 Å². The van der Waals surface area contributed by atoms with Crippen molar-refractivity contribution in [3.63, 3.8) is 0 Å². The number of halogens is 1. The molecule has 0 saturated heterocycles. The Balaban J connectivity index is 1.82. The van der Waals surface area contributed by atoms with E-state index in [1.165, 1.54) is 18.4 Å². The van der Waals surface area contributed by atoms with E-state index in [0.717, 1.165) is 35.7 Å². The second-order valence-corrected chi connectivity index (χ2v) is 6.48. The van der Waals surface area contributed by atoms with Crippen molar-refractivity contribution in [1.82, 2.24) is 4.90 Å². The molecule has 0 aromatic heterocycles. The summed E-state index contributed by atoms with van der Waals surface area (Å²) in [7, 11) is 3.92. The zero-order chi connectivity index (χ0) is 13.8. The highest BCUT2D eigenvalue weighted by Gasteiger charge is 2.26. The van der Waals surface area contributed by atoms with Gasteiger partial charge in [0, 0.05) is 23.6 Å². The fourth-order valence-electron chi connectivity index (χ4n) is 2.72. The van der Waals surface area contributed by atoms with Crippen LogP contribution < -0.4 is 10.5 Å². The van der Waals surface area contributed by atoms with E-state index in [4.69, 9.17) is 10.5 Å². The van der Waals surface area contributed by atoms with Gasteiger partial charge in [-0.15, -0.1) is 0 Å². The smallest absolute Gasteiger partial charge is 0.122 e. The maximum absolute atomic E-state index is 5.82. The summed E-state index contributed by atoms with van der Waals surface area (Å²) in [5.41, 5.74) is 7.08. The van der Waals surface area contributed by atoms with E-state index in [0.29, 0.717) is 6.04 Å². The average Bonchev–Trinajstić information content (AvgIpc) is 2.34. The minimum Gasteiger partial charge on any atom is -0.496 e. The van der Waals surface area contributed by atoms with Crippen molar-refractivity contribution in [2.24, 2.45) is 11.7 Å². The number of rotatable bonds is 6. The maximum atomic E-state index is 5.82. The van der Waals surface area contributed by atoms with E-state index in [9.17, 15) is 0 Å². The summed E-state index contributed by atoms with van der Waals surface area (Å²) in [6.45, 7) is 2.21. The van der Waals surface area contributed by atoms with E-state index in [1.807, 2.05) is 12.1 Å². The summed E-state index contributed by atoms with van der Waals surface area (Å²) in [6.07, 6.45) is 3.38. The lowest BCUT2D eigenvalue weighted by molar-refractivity contribution is 0.183. The van der Waals surface area contributed by atoms with Crippen LogP contribution in [-0.2, 0) is 6.42 Å². The van der Waals surface area contributed by atoms with Crippen molar-refractivity contribution in [2.45, 2.75) is 25.3 Å². The molecule has 19 heavy (non-hydrogen) atoms. The predicted octanol–water partition coefficient (Wildman–Crippen LogP) is 2.67. The number of hydrogen-bond donors (Lipinski definition) is 1. The molecule has 0 aliphatic heterocycles. The van der Waals surface area contributed by atoms with Crippen LogP contribution >= 0.6 is 15.9 Å². The molecule has 0 atom stereocenters. The summed E-state index contributed by atoms with van der Waals surface area (Å²) < 4.78 is 6.51. The molecule has 1 saturated carbocycles. The third kappa shape index (κ3) is 4.20. The Labute approximate surface area is 124 Å². The topological polar surface area (TPSA) is 38.5 Å². The molecule has 0 unspecified atom stereocenters. The van der Waals surface area contributed by atoms with Crippen LogP contribution in [0.5, 0.6) is 5.75 Å². The lowest BCUT2D eigenvalue weighted by Crippen LogP contribution is -2.42. The van der Waals surface area contributed by atoms with Crippen molar-refractivity contribution >= 4 is 15.9 Å². The zero-order valence-electron chi connectivity index (χ0n) is 11.7. The molecule has 2 rings (SSSR count). The first-order valence-corrected chi connectivity index (χ1v) is 7.64. The quantitative estimate of drug-likeness (QED) is 0.873. The molecule has 1 aromatic carbocycles. The lowest BCUT2D eigenvalue weighted by atomic mass is 9.80. The first-order chi connectivity index (χ1) is 9.08. The van der Waals surface area contributed by atoms with Gasteiger partial charge < -0.3 is 15.4 Å². The highest BCUT2D eigenvalue weighted by molar-refractivity contribution is 9.10. The SMILES string of the molecule is COc1ccc(Br)cc1CCN(C)CC1CC(N)C1. The summed E-state index contributed by atoms with van der Waals surface area (Å²) in [5, 5.41) is 0. The van der Waals surface area contributed by atoms with Gasteiger partial charge in [0.2, 0.25) is 0 Å². The molecule has 3 nitrogen and oxygen atoms in total. The number of benzene rings is 1. The van der Waals surface area contributed by atoms with Gasteiger partial charge in [-0.3, -0.25) is 0 Å². The fourth-order valence-corrected chi connectivity index (χ4v) is 3.13. The molecule has 1 aliphatic rings. The third-order valence-corrected chi connectivity index (χ3v) is 4.34. The van der Waals surface area contributed by atoms with E-state index in [1.54, 1.807) is 7.11 Å². The molecule has 0 amide bonds. The van der Waals surface area contributed by atoms with Gasteiger partial charge in [0.25, 0.3) is 0 Å². The highest BCUT2D eigenvalue weighted by Crippen LogP contribution is 2.27. The molecule has 1 aromatic rings. The number of hydrogen-bond acceptors (Lipinski definition) is 3. The fraction of sp³-hybridized carbons (Fsp3) is 0.600. The van der Waals surface area contributed by atoms with Gasteiger partial charge >= 0.3 is 0 Å². The van der Waals surface area contributed by atoms with Gasteiger partial charge in [-0.2, -0.15) is 0 Å². The summed E-state index contributed by atoms with van der Waals surface area (Å²) in [6, 6.07) is 6.63. The van der Waals surface area contributed by atoms with Gasteiger partial charge in [0.1, 0.15) is 5.75 Å². The highest BCUT2D eigenvalue weighted by atomic mass is 79.9.